The summed E-state index contributed by atoms with van der Waals surface area (Å²) >= 11 is 0. The fourth-order valence-electron chi connectivity index (χ4n) is 1.96. The summed E-state index contributed by atoms with van der Waals surface area (Å²) in [5, 5.41) is 26.6. The van der Waals surface area contributed by atoms with Crippen molar-refractivity contribution >= 4 is 12.1 Å². The Labute approximate surface area is 87.1 Å². The second kappa shape index (κ2) is 4.48. The number of hydrogen-bond donors (Lipinski definition) is 3. The van der Waals surface area contributed by atoms with Crippen LogP contribution < -0.4 is 0 Å². The van der Waals surface area contributed by atoms with E-state index in [1.165, 1.54) is 0 Å². The summed E-state index contributed by atoms with van der Waals surface area (Å²) in [5.41, 5.74) is 0. The van der Waals surface area contributed by atoms with Crippen molar-refractivity contribution in [1.29, 1.82) is 0 Å². The van der Waals surface area contributed by atoms with E-state index in [0.29, 0.717) is 0 Å². The Morgan fingerprint density at radius 3 is 2.40 bits per heavy atom. The van der Waals surface area contributed by atoms with Crippen molar-refractivity contribution in [2.75, 3.05) is 19.7 Å². The summed E-state index contributed by atoms with van der Waals surface area (Å²) in [6, 6.07) is 0. The SMILES string of the molecule is C[C@H](CO)C1CN(C(=O)O)CC1C(=O)O. The van der Waals surface area contributed by atoms with Crippen molar-refractivity contribution in [3.05, 3.63) is 0 Å². The first-order valence-electron chi connectivity index (χ1n) is 4.79. The largest absolute Gasteiger partial charge is 0.481 e. The predicted octanol–water partition coefficient (Wildman–Crippen LogP) is -0.0746. The average molecular weight is 217 g/mol. The number of rotatable bonds is 3. The molecule has 0 spiro atoms. The molecule has 1 saturated heterocycles. The van der Waals surface area contributed by atoms with Gasteiger partial charge in [-0.05, 0) is 11.8 Å². The van der Waals surface area contributed by atoms with Crippen LogP contribution in [0.2, 0.25) is 0 Å². The lowest BCUT2D eigenvalue weighted by molar-refractivity contribution is -0.143. The lowest BCUT2D eigenvalue weighted by atomic mass is 9.85. The molecule has 0 aromatic rings. The molecule has 1 fully saturated rings. The summed E-state index contributed by atoms with van der Waals surface area (Å²) in [4.78, 5) is 22.7. The molecule has 15 heavy (non-hydrogen) atoms. The van der Waals surface area contributed by atoms with Crippen LogP contribution >= 0.6 is 0 Å². The molecule has 3 N–H and O–H groups in total. The summed E-state index contributed by atoms with van der Waals surface area (Å²) in [5.74, 6) is -2.20. The molecule has 3 atom stereocenters. The minimum absolute atomic E-state index is 0.0136. The van der Waals surface area contributed by atoms with E-state index in [1.54, 1.807) is 6.92 Å². The van der Waals surface area contributed by atoms with E-state index in [-0.39, 0.29) is 31.5 Å². The molecule has 0 radical (unpaired) electrons. The van der Waals surface area contributed by atoms with Crippen molar-refractivity contribution in [2.24, 2.45) is 17.8 Å². The van der Waals surface area contributed by atoms with Gasteiger partial charge in [-0.25, -0.2) is 4.79 Å². The molecule has 1 aliphatic heterocycles. The second-order valence-electron chi connectivity index (χ2n) is 3.96. The first-order valence-corrected chi connectivity index (χ1v) is 4.79. The Kier molecular flexibility index (Phi) is 3.52. The highest BCUT2D eigenvalue weighted by atomic mass is 16.4. The van der Waals surface area contributed by atoms with E-state index >= 15 is 0 Å². The van der Waals surface area contributed by atoms with E-state index in [9.17, 15) is 9.59 Å². The highest BCUT2D eigenvalue weighted by molar-refractivity contribution is 5.73. The molecule has 0 saturated carbocycles. The summed E-state index contributed by atoms with van der Waals surface area (Å²) in [6.07, 6.45) is -1.10. The number of aliphatic carboxylic acids is 1. The predicted molar refractivity (Wildman–Crippen MR) is 50.5 cm³/mol. The summed E-state index contributed by atoms with van der Waals surface area (Å²) in [7, 11) is 0. The maximum atomic E-state index is 10.9. The van der Waals surface area contributed by atoms with E-state index in [1.807, 2.05) is 0 Å². The number of nitrogens with zero attached hydrogens (tertiary/aromatic N) is 1. The third-order valence-electron chi connectivity index (χ3n) is 2.97. The zero-order valence-corrected chi connectivity index (χ0v) is 8.46. The second-order valence-corrected chi connectivity index (χ2v) is 3.96. The van der Waals surface area contributed by atoms with Gasteiger partial charge in [0.2, 0.25) is 0 Å². The number of hydrogen-bond acceptors (Lipinski definition) is 3. The summed E-state index contributed by atoms with van der Waals surface area (Å²) in [6.45, 7) is 1.81. The fourth-order valence-corrected chi connectivity index (χ4v) is 1.96. The number of aliphatic hydroxyl groups is 1. The summed E-state index contributed by atoms with van der Waals surface area (Å²) < 4.78 is 0. The highest BCUT2D eigenvalue weighted by Gasteiger charge is 2.41. The molecule has 1 amide bonds. The molecule has 1 aliphatic rings. The average Bonchev–Trinajstić information content (AvgIpc) is 2.61. The smallest absolute Gasteiger partial charge is 0.407 e. The zero-order valence-electron chi connectivity index (χ0n) is 8.46. The van der Waals surface area contributed by atoms with E-state index in [4.69, 9.17) is 15.3 Å². The lowest BCUT2D eigenvalue weighted by Gasteiger charge is -2.19. The Bertz CT molecular complexity index is 267. The molecule has 0 aromatic carbocycles. The normalized spacial score (nSPS) is 27.7. The first-order chi connectivity index (χ1) is 6.97. The molecule has 0 aliphatic carbocycles. The van der Waals surface area contributed by atoms with Gasteiger partial charge in [-0.2, -0.15) is 0 Å². The zero-order chi connectivity index (χ0) is 11.6. The number of carboxylic acid groups (broad SMARTS) is 2. The van der Waals surface area contributed by atoms with Gasteiger partial charge in [0, 0.05) is 19.7 Å². The standard InChI is InChI=1S/C9H15NO5/c1-5(4-11)6-2-10(9(14)15)3-7(6)8(12)13/h5-7,11H,2-4H2,1H3,(H,12,13)(H,14,15)/t5-,6?,7?/m1/s1. The molecule has 0 bridgehead atoms. The van der Waals surface area contributed by atoms with E-state index in [0.717, 1.165) is 4.90 Å². The topological polar surface area (TPSA) is 98.1 Å². The van der Waals surface area contributed by atoms with Gasteiger partial charge in [0.1, 0.15) is 0 Å². The van der Waals surface area contributed by atoms with Crippen LogP contribution in [0.1, 0.15) is 6.92 Å². The van der Waals surface area contributed by atoms with Crippen molar-refractivity contribution in [1.82, 2.24) is 4.90 Å². The van der Waals surface area contributed by atoms with Crippen molar-refractivity contribution in [3.8, 4) is 0 Å². The number of aliphatic hydroxyl groups excluding tert-OH is 1. The van der Waals surface area contributed by atoms with Crippen LogP contribution in [0.4, 0.5) is 4.79 Å². The van der Waals surface area contributed by atoms with Gasteiger partial charge in [0.05, 0.1) is 5.92 Å². The lowest BCUT2D eigenvalue weighted by Crippen LogP contribution is -2.28. The third kappa shape index (κ3) is 2.38. The maximum Gasteiger partial charge on any atom is 0.407 e. The fraction of sp³-hybridized carbons (Fsp3) is 0.778. The van der Waals surface area contributed by atoms with Gasteiger partial charge in [0.15, 0.2) is 0 Å². The van der Waals surface area contributed by atoms with Gasteiger partial charge in [-0.15, -0.1) is 0 Å². The van der Waals surface area contributed by atoms with Crippen molar-refractivity contribution < 1.29 is 24.9 Å². The van der Waals surface area contributed by atoms with E-state index in [2.05, 4.69) is 0 Å². The maximum absolute atomic E-state index is 10.9. The molecule has 6 nitrogen and oxygen atoms in total. The van der Waals surface area contributed by atoms with Gasteiger partial charge < -0.3 is 20.2 Å². The third-order valence-corrected chi connectivity index (χ3v) is 2.97. The molecule has 0 aromatic heterocycles. The Morgan fingerprint density at radius 1 is 1.40 bits per heavy atom. The molecule has 1 rings (SSSR count). The van der Waals surface area contributed by atoms with Crippen molar-refractivity contribution in [2.45, 2.75) is 6.92 Å². The van der Waals surface area contributed by atoms with E-state index < -0.39 is 18.0 Å². The van der Waals surface area contributed by atoms with Gasteiger partial charge >= 0.3 is 12.1 Å². The van der Waals surface area contributed by atoms with Crippen molar-refractivity contribution in [3.63, 3.8) is 0 Å². The van der Waals surface area contributed by atoms with Crippen LogP contribution in [0, 0.1) is 17.8 Å². The van der Waals surface area contributed by atoms with Gasteiger partial charge in [-0.3, -0.25) is 4.79 Å². The number of likely N-dealkylation sites (tertiary alicyclic amines) is 1. The van der Waals surface area contributed by atoms with Crippen LogP contribution in [0.25, 0.3) is 0 Å². The molecule has 2 unspecified atom stereocenters. The Balaban J connectivity index is 2.76. The van der Waals surface area contributed by atoms with Crippen LogP contribution in [0.3, 0.4) is 0 Å². The van der Waals surface area contributed by atoms with Gasteiger partial charge in [0.25, 0.3) is 0 Å². The Hall–Kier alpha value is -1.30. The highest BCUT2D eigenvalue weighted by Crippen LogP contribution is 2.29. The molecule has 6 heteroatoms. The molecule has 86 valence electrons. The monoisotopic (exact) mass is 217 g/mol. The van der Waals surface area contributed by atoms with Gasteiger partial charge in [-0.1, -0.05) is 6.92 Å². The number of amides is 1. The van der Waals surface area contributed by atoms with Crippen LogP contribution in [0.5, 0.6) is 0 Å². The molecular formula is C9H15NO5. The van der Waals surface area contributed by atoms with Crippen LogP contribution in [0.15, 0.2) is 0 Å². The molecular weight excluding hydrogens is 202 g/mol. The Morgan fingerprint density at radius 2 is 2.00 bits per heavy atom. The number of carboxylic acids is 1. The first kappa shape index (κ1) is 11.8. The van der Waals surface area contributed by atoms with Crippen LogP contribution in [-0.4, -0.2) is 52.0 Å². The number of carbonyl (C=O) groups is 2. The quantitative estimate of drug-likeness (QED) is 0.614. The minimum Gasteiger partial charge on any atom is -0.481 e. The van der Waals surface area contributed by atoms with Crippen LogP contribution in [-0.2, 0) is 4.79 Å². The minimum atomic E-state index is -1.10. The molecule has 1 heterocycles.